The summed E-state index contributed by atoms with van der Waals surface area (Å²) in [6, 6.07) is 4.60. The highest BCUT2D eigenvalue weighted by molar-refractivity contribution is 5.95. The molecule has 1 aliphatic heterocycles. The molecule has 0 atom stereocenters. The summed E-state index contributed by atoms with van der Waals surface area (Å²) in [5, 5.41) is 6.14. The fourth-order valence-electron chi connectivity index (χ4n) is 2.60. The maximum Gasteiger partial charge on any atom is 0.233 e. The van der Waals surface area contributed by atoms with Crippen molar-refractivity contribution in [1.29, 1.82) is 0 Å². The number of nitrogens with one attached hydrogen (secondary N) is 2. The Morgan fingerprint density at radius 2 is 2.15 bits per heavy atom. The summed E-state index contributed by atoms with van der Waals surface area (Å²) < 4.78 is 18.5. The molecule has 1 aromatic carbocycles. The van der Waals surface area contributed by atoms with E-state index < -0.39 is 5.41 Å². The Labute approximate surface area is 118 Å². The molecule has 0 unspecified atom stereocenters. The molecule has 2 N–H and O–H groups in total. The minimum Gasteiger partial charge on any atom is -0.384 e. The summed E-state index contributed by atoms with van der Waals surface area (Å²) in [4.78, 5) is 12.6. The molecule has 110 valence electrons. The average molecular weight is 280 g/mol. The third-order valence-electron chi connectivity index (χ3n) is 3.88. The molecule has 0 aliphatic carbocycles. The molecule has 1 saturated heterocycles. The Balaban J connectivity index is 2.13. The van der Waals surface area contributed by atoms with E-state index in [1.807, 2.05) is 0 Å². The van der Waals surface area contributed by atoms with Crippen LogP contribution in [0.2, 0.25) is 0 Å². The molecule has 0 radical (unpaired) electrons. The summed E-state index contributed by atoms with van der Waals surface area (Å²) in [5.41, 5.74) is 0.652. The average Bonchev–Trinajstić information content (AvgIpc) is 2.44. The van der Waals surface area contributed by atoms with Crippen LogP contribution >= 0.6 is 0 Å². The van der Waals surface area contributed by atoms with Gasteiger partial charge in [0.05, 0.1) is 12.0 Å². The Bertz CT molecular complexity index is 479. The van der Waals surface area contributed by atoms with E-state index in [1.54, 1.807) is 26.2 Å². The van der Waals surface area contributed by atoms with Gasteiger partial charge in [0.1, 0.15) is 5.82 Å². The zero-order chi connectivity index (χ0) is 14.6. The number of rotatable bonds is 4. The van der Waals surface area contributed by atoms with Gasteiger partial charge in [-0.15, -0.1) is 0 Å². The van der Waals surface area contributed by atoms with E-state index in [0.29, 0.717) is 17.9 Å². The van der Waals surface area contributed by atoms with Crippen LogP contribution in [0.25, 0.3) is 0 Å². The van der Waals surface area contributed by atoms with Crippen LogP contribution in [0, 0.1) is 18.2 Å². The predicted molar refractivity (Wildman–Crippen MR) is 76.2 cm³/mol. The van der Waals surface area contributed by atoms with Gasteiger partial charge < -0.3 is 15.4 Å². The largest absolute Gasteiger partial charge is 0.384 e. The molecule has 0 saturated carbocycles. The van der Waals surface area contributed by atoms with Crippen LogP contribution < -0.4 is 10.6 Å². The van der Waals surface area contributed by atoms with E-state index in [4.69, 9.17) is 4.74 Å². The standard InChI is InChI=1S/C15H21FN2O2/c1-11-9-12(3-4-13(11)16)18-14(19)15(10-20-2)5-7-17-8-6-15/h3-4,9,17H,5-8,10H2,1-2H3,(H,18,19). The van der Waals surface area contributed by atoms with Crippen LogP contribution in [0.3, 0.4) is 0 Å². The predicted octanol–water partition coefficient (Wildman–Crippen LogP) is 2.09. The Hall–Kier alpha value is -1.46. The quantitative estimate of drug-likeness (QED) is 0.888. The number of hydrogen-bond acceptors (Lipinski definition) is 3. The normalized spacial score (nSPS) is 17.8. The highest BCUT2D eigenvalue weighted by Gasteiger charge is 2.39. The molecule has 1 aromatic rings. The van der Waals surface area contributed by atoms with E-state index in [2.05, 4.69) is 10.6 Å². The van der Waals surface area contributed by atoms with Crippen LogP contribution in [-0.4, -0.2) is 32.7 Å². The van der Waals surface area contributed by atoms with Crippen molar-refractivity contribution in [3.8, 4) is 0 Å². The Morgan fingerprint density at radius 1 is 1.45 bits per heavy atom. The first-order chi connectivity index (χ1) is 9.57. The van der Waals surface area contributed by atoms with E-state index in [-0.39, 0.29) is 11.7 Å². The second-order valence-electron chi connectivity index (χ2n) is 5.38. The first-order valence-corrected chi connectivity index (χ1v) is 6.85. The van der Waals surface area contributed by atoms with Crippen molar-refractivity contribution in [1.82, 2.24) is 5.32 Å². The van der Waals surface area contributed by atoms with Crippen LogP contribution in [0.5, 0.6) is 0 Å². The first kappa shape index (κ1) is 14.9. The number of methoxy groups -OCH3 is 1. The maximum absolute atomic E-state index is 13.2. The molecule has 2 rings (SSSR count). The smallest absolute Gasteiger partial charge is 0.233 e. The van der Waals surface area contributed by atoms with E-state index in [1.165, 1.54) is 6.07 Å². The molecule has 5 heteroatoms. The summed E-state index contributed by atoms with van der Waals surface area (Å²) in [7, 11) is 1.61. The van der Waals surface area contributed by atoms with E-state index in [0.717, 1.165) is 25.9 Å². The van der Waals surface area contributed by atoms with E-state index >= 15 is 0 Å². The SMILES string of the molecule is COCC1(C(=O)Nc2ccc(F)c(C)c2)CCNCC1. The van der Waals surface area contributed by atoms with Gasteiger partial charge in [-0.3, -0.25) is 4.79 Å². The van der Waals surface area contributed by atoms with Crippen LogP contribution in [0.15, 0.2) is 18.2 Å². The minimum atomic E-state index is -0.498. The number of amides is 1. The number of aryl methyl sites for hydroxylation is 1. The minimum absolute atomic E-state index is 0.0492. The van der Waals surface area contributed by atoms with Gasteiger partial charge in [0, 0.05) is 12.8 Å². The number of benzene rings is 1. The van der Waals surface area contributed by atoms with Gasteiger partial charge in [-0.25, -0.2) is 4.39 Å². The fraction of sp³-hybridized carbons (Fsp3) is 0.533. The van der Waals surface area contributed by atoms with Gasteiger partial charge >= 0.3 is 0 Å². The molecule has 0 aromatic heterocycles. The van der Waals surface area contributed by atoms with Crippen molar-refractivity contribution >= 4 is 11.6 Å². The molecular weight excluding hydrogens is 259 g/mol. The van der Waals surface area contributed by atoms with Gasteiger partial charge in [-0.2, -0.15) is 0 Å². The summed E-state index contributed by atoms with van der Waals surface area (Å²) in [5.74, 6) is -0.316. The second-order valence-corrected chi connectivity index (χ2v) is 5.38. The summed E-state index contributed by atoms with van der Waals surface area (Å²) in [6.45, 7) is 3.69. The van der Waals surface area contributed by atoms with Crippen molar-refractivity contribution in [2.24, 2.45) is 5.41 Å². The summed E-state index contributed by atoms with van der Waals surface area (Å²) in [6.07, 6.45) is 1.49. The molecule has 0 bridgehead atoms. The number of anilines is 1. The molecule has 0 spiro atoms. The topological polar surface area (TPSA) is 50.4 Å². The monoisotopic (exact) mass is 280 g/mol. The van der Waals surface area contributed by atoms with Crippen molar-refractivity contribution in [2.45, 2.75) is 19.8 Å². The lowest BCUT2D eigenvalue weighted by atomic mass is 9.78. The zero-order valence-corrected chi connectivity index (χ0v) is 12.0. The number of ether oxygens (including phenoxy) is 1. The highest BCUT2D eigenvalue weighted by atomic mass is 19.1. The van der Waals surface area contributed by atoms with Gasteiger partial charge in [0.2, 0.25) is 5.91 Å². The molecular formula is C15H21FN2O2. The van der Waals surface area contributed by atoms with Crippen molar-refractivity contribution in [3.05, 3.63) is 29.6 Å². The number of halogens is 1. The fourth-order valence-corrected chi connectivity index (χ4v) is 2.60. The lowest BCUT2D eigenvalue weighted by molar-refractivity contribution is -0.130. The Morgan fingerprint density at radius 3 is 2.75 bits per heavy atom. The highest BCUT2D eigenvalue weighted by Crippen LogP contribution is 2.31. The maximum atomic E-state index is 13.2. The second kappa shape index (κ2) is 6.33. The third-order valence-corrected chi connectivity index (χ3v) is 3.88. The van der Waals surface area contributed by atoms with Crippen molar-refractivity contribution < 1.29 is 13.9 Å². The molecule has 1 aliphatic rings. The molecule has 20 heavy (non-hydrogen) atoms. The first-order valence-electron chi connectivity index (χ1n) is 6.85. The van der Waals surface area contributed by atoms with E-state index in [9.17, 15) is 9.18 Å². The zero-order valence-electron chi connectivity index (χ0n) is 12.0. The number of hydrogen-bond donors (Lipinski definition) is 2. The number of piperidine rings is 1. The van der Waals surface area contributed by atoms with Gasteiger partial charge in [-0.1, -0.05) is 0 Å². The van der Waals surface area contributed by atoms with Crippen molar-refractivity contribution in [2.75, 3.05) is 32.1 Å². The molecule has 4 nitrogen and oxygen atoms in total. The molecule has 1 heterocycles. The van der Waals surface area contributed by atoms with Crippen LogP contribution in [0.4, 0.5) is 10.1 Å². The number of carbonyl (C=O) groups is 1. The van der Waals surface area contributed by atoms with Gasteiger partial charge in [0.15, 0.2) is 0 Å². The molecule has 1 fully saturated rings. The van der Waals surface area contributed by atoms with Crippen LogP contribution in [0.1, 0.15) is 18.4 Å². The lowest BCUT2D eigenvalue weighted by Gasteiger charge is -2.35. The van der Waals surface area contributed by atoms with Gasteiger partial charge in [0.25, 0.3) is 0 Å². The third kappa shape index (κ3) is 3.16. The summed E-state index contributed by atoms with van der Waals surface area (Å²) >= 11 is 0. The Kier molecular flexibility index (Phi) is 4.73. The number of carbonyl (C=O) groups excluding carboxylic acids is 1. The van der Waals surface area contributed by atoms with Crippen LogP contribution in [-0.2, 0) is 9.53 Å². The lowest BCUT2D eigenvalue weighted by Crippen LogP contribution is -2.47. The van der Waals surface area contributed by atoms with Crippen molar-refractivity contribution in [3.63, 3.8) is 0 Å². The van der Waals surface area contributed by atoms with Gasteiger partial charge in [-0.05, 0) is 56.6 Å². The molecule has 1 amide bonds.